The summed E-state index contributed by atoms with van der Waals surface area (Å²) >= 11 is 6.47. The van der Waals surface area contributed by atoms with Crippen molar-refractivity contribution in [2.45, 2.75) is 6.42 Å². The van der Waals surface area contributed by atoms with Crippen molar-refractivity contribution >= 4 is 22.4 Å². The molecule has 34 heavy (non-hydrogen) atoms. The summed E-state index contributed by atoms with van der Waals surface area (Å²) in [5, 5.41) is 2.90. The van der Waals surface area contributed by atoms with Crippen molar-refractivity contribution in [1.29, 1.82) is 0 Å². The van der Waals surface area contributed by atoms with E-state index in [1.807, 2.05) is 44.4 Å². The Morgan fingerprint density at radius 2 is 1.56 bits per heavy atom. The highest BCUT2D eigenvalue weighted by molar-refractivity contribution is 6.32. The van der Waals surface area contributed by atoms with Gasteiger partial charge in [-0.3, -0.25) is 0 Å². The Kier molecular flexibility index (Phi) is 7.61. The van der Waals surface area contributed by atoms with Gasteiger partial charge < -0.3 is 19.1 Å². The third-order valence-corrected chi connectivity index (χ3v) is 6.21. The van der Waals surface area contributed by atoms with Gasteiger partial charge in [0.15, 0.2) is 0 Å². The van der Waals surface area contributed by atoms with Gasteiger partial charge in [0.2, 0.25) is 0 Å². The minimum atomic E-state index is 0.597. The Morgan fingerprint density at radius 3 is 2.26 bits per heavy atom. The van der Waals surface area contributed by atoms with E-state index in [1.165, 1.54) is 16.5 Å². The Labute approximate surface area is 206 Å². The van der Waals surface area contributed by atoms with Crippen LogP contribution in [0.3, 0.4) is 0 Å². The van der Waals surface area contributed by atoms with Crippen LogP contribution >= 0.6 is 11.6 Å². The second-order valence-corrected chi connectivity index (χ2v) is 8.88. The number of halogens is 1. The van der Waals surface area contributed by atoms with Crippen LogP contribution in [0.15, 0.2) is 72.8 Å². The quantitative estimate of drug-likeness (QED) is 0.269. The summed E-state index contributed by atoms with van der Waals surface area (Å²) < 4.78 is 17.0. The van der Waals surface area contributed by atoms with E-state index in [4.69, 9.17) is 25.8 Å². The molecule has 4 aromatic rings. The van der Waals surface area contributed by atoms with Crippen LogP contribution in [-0.4, -0.2) is 46.4 Å². The van der Waals surface area contributed by atoms with Gasteiger partial charge >= 0.3 is 0 Å². The van der Waals surface area contributed by atoms with Crippen molar-refractivity contribution in [2.24, 2.45) is 0 Å². The predicted octanol–water partition coefficient (Wildman–Crippen LogP) is 6.71. The molecule has 4 nitrogen and oxygen atoms in total. The van der Waals surface area contributed by atoms with Crippen LogP contribution in [0.2, 0.25) is 5.02 Å². The number of benzene rings is 4. The highest BCUT2D eigenvalue weighted by Crippen LogP contribution is 2.41. The smallest absolute Gasteiger partial charge is 0.145 e. The van der Waals surface area contributed by atoms with Gasteiger partial charge in [-0.25, -0.2) is 0 Å². The Morgan fingerprint density at radius 1 is 0.794 bits per heavy atom. The van der Waals surface area contributed by atoms with Gasteiger partial charge in [-0.05, 0) is 78.3 Å². The standard InChI is InChI=1S/C29H30ClNO3/c1-31(2)16-17-34-22-11-8-20(9-12-22)18-27-24-15-13-23(32-3)19-21(24)10-14-25(27)26-6-5-7-28(30)29(26)33-4/h5-15,19H,16-18H2,1-4H3. The molecular weight excluding hydrogens is 446 g/mol. The lowest BCUT2D eigenvalue weighted by Gasteiger charge is -2.17. The van der Waals surface area contributed by atoms with Crippen molar-refractivity contribution in [3.8, 4) is 28.4 Å². The van der Waals surface area contributed by atoms with Crippen molar-refractivity contribution in [2.75, 3.05) is 41.5 Å². The molecule has 0 spiro atoms. The average Bonchev–Trinajstić information content (AvgIpc) is 2.84. The topological polar surface area (TPSA) is 30.9 Å². The van der Waals surface area contributed by atoms with E-state index >= 15 is 0 Å². The van der Waals surface area contributed by atoms with Crippen LogP contribution in [-0.2, 0) is 6.42 Å². The van der Waals surface area contributed by atoms with E-state index in [1.54, 1.807) is 14.2 Å². The molecule has 0 fully saturated rings. The highest BCUT2D eigenvalue weighted by Gasteiger charge is 2.16. The molecule has 0 radical (unpaired) electrons. The molecule has 0 aromatic heterocycles. The number of ether oxygens (including phenoxy) is 3. The summed E-state index contributed by atoms with van der Waals surface area (Å²) in [6.07, 6.45) is 0.757. The fraction of sp³-hybridized carbons (Fsp3) is 0.241. The number of para-hydroxylation sites is 1. The number of hydrogen-bond donors (Lipinski definition) is 0. The fourth-order valence-corrected chi connectivity index (χ4v) is 4.38. The zero-order valence-electron chi connectivity index (χ0n) is 20.1. The lowest BCUT2D eigenvalue weighted by atomic mass is 9.89. The summed E-state index contributed by atoms with van der Waals surface area (Å²) in [4.78, 5) is 2.11. The predicted molar refractivity (Wildman–Crippen MR) is 141 cm³/mol. The summed E-state index contributed by atoms with van der Waals surface area (Å²) in [6, 6.07) is 24.7. The number of rotatable bonds is 9. The second-order valence-electron chi connectivity index (χ2n) is 8.47. The maximum absolute atomic E-state index is 6.47. The highest BCUT2D eigenvalue weighted by atomic mass is 35.5. The Hall–Kier alpha value is -3.21. The van der Waals surface area contributed by atoms with E-state index < -0.39 is 0 Å². The normalized spacial score (nSPS) is 11.1. The monoisotopic (exact) mass is 475 g/mol. The molecule has 176 valence electrons. The summed E-state index contributed by atoms with van der Waals surface area (Å²) in [6.45, 7) is 1.54. The van der Waals surface area contributed by atoms with Crippen molar-refractivity contribution < 1.29 is 14.2 Å². The van der Waals surface area contributed by atoms with Gasteiger partial charge in [-0.1, -0.05) is 54.1 Å². The minimum absolute atomic E-state index is 0.597. The van der Waals surface area contributed by atoms with Gasteiger partial charge in [0.05, 0.1) is 19.2 Å². The number of nitrogens with zero attached hydrogens (tertiary/aromatic N) is 1. The van der Waals surface area contributed by atoms with E-state index in [9.17, 15) is 0 Å². The first-order valence-corrected chi connectivity index (χ1v) is 11.7. The summed E-state index contributed by atoms with van der Waals surface area (Å²) in [7, 11) is 7.43. The lowest BCUT2D eigenvalue weighted by molar-refractivity contribution is 0.261. The van der Waals surface area contributed by atoms with Crippen molar-refractivity contribution in [3.05, 3.63) is 88.9 Å². The van der Waals surface area contributed by atoms with Crippen LogP contribution in [0.25, 0.3) is 21.9 Å². The summed E-state index contributed by atoms with van der Waals surface area (Å²) in [5.41, 5.74) is 4.49. The number of fused-ring (bicyclic) bond motifs is 1. The van der Waals surface area contributed by atoms with Crippen LogP contribution < -0.4 is 14.2 Å². The van der Waals surface area contributed by atoms with Gasteiger partial charge in [-0.2, -0.15) is 0 Å². The molecule has 4 aromatic carbocycles. The molecule has 0 saturated heterocycles. The van der Waals surface area contributed by atoms with Crippen LogP contribution in [0.1, 0.15) is 11.1 Å². The molecule has 0 bridgehead atoms. The molecule has 0 saturated carbocycles. The second kappa shape index (κ2) is 10.8. The molecule has 0 heterocycles. The SMILES string of the molecule is COc1ccc2c(Cc3ccc(OCCN(C)C)cc3)c(-c3cccc(Cl)c3OC)ccc2c1. The Bertz CT molecular complexity index is 1270. The lowest BCUT2D eigenvalue weighted by Crippen LogP contribution is -2.19. The molecule has 0 aliphatic rings. The largest absolute Gasteiger partial charge is 0.497 e. The zero-order chi connectivity index (χ0) is 24.1. The van der Waals surface area contributed by atoms with Crippen LogP contribution in [0.4, 0.5) is 0 Å². The maximum Gasteiger partial charge on any atom is 0.145 e. The van der Waals surface area contributed by atoms with Gasteiger partial charge in [0.1, 0.15) is 23.9 Å². The summed E-state index contributed by atoms with van der Waals surface area (Å²) in [5.74, 6) is 2.40. The molecule has 0 N–H and O–H groups in total. The molecule has 4 rings (SSSR count). The minimum Gasteiger partial charge on any atom is -0.497 e. The van der Waals surface area contributed by atoms with Crippen LogP contribution in [0.5, 0.6) is 17.2 Å². The van der Waals surface area contributed by atoms with Gasteiger partial charge in [-0.15, -0.1) is 0 Å². The number of hydrogen-bond acceptors (Lipinski definition) is 4. The van der Waals surface area contributed by atoms with Crippen molar-refractivity contribution in [3.63, 3.8) is 0 Å². The molecule has 5 heteroatoms. The molecule has 0 unspecified atom stereocenters. The van der Waals surface area contributed by atoms with Crippen LogP contribution in [0, 0.1) is 0 Å². The molecule has 0 atom stereocenters. The molecule has 0 amide bonds. The van der Waals surface area contributed by atoms with E-state index in [0.717, 1.165) is 41.0 Å². The Balaban J connectivity index is 1.75. The number of likely N-dealkylation sites (N-methyl/N-ethyl adjacent to an activating group) is 1. The third-order valence-electron chi connectivity index (χ3n) is 5.91. The van der Waals surface area contributed by atoms with Gasteiger partial charge in [0.25, 0.3) is 0 Å². The van der Waals surface area contributed by atoms with E-state index in [2.05, 4.69) is 47.4 Å². The van der Waals surface area contributed by atoms with E-state index in [0.29, 0.717) is 17.4 Å². The molecule has 0 aliphatic carbocycles. The average molecular weight is 476 g/mol. The van der Waals surface area contributed by atoms with E-state index in [-0.39, 0.29) is 0 Å². The zero-order valence-corrected chi connectivity index (χ0v) is 20.9. The third kappa shape index (κ3) is 5.30. The maximum atomic E-state index is 6.47. The fourth-order valence-electron chi connectivity index (χ4n) is 4.12. The first-order chi connectivity index (χ1) is 16.5. The number of methoxy groups -OCH3 is 2. The molecular formula is C29H30ClNO3. The van der Waals surface area contributed by atoms with Crippen molar-refractivity contribution in [1.82, 2.24) is 4.90 Å². The first-order valence-electron chi connectivity index (χ1n) is 11.3. The van der Waals surface area contributed by atoms with Gasteiger partial charge in [0, 0.05) is 12.1 Å². The first kappa shape index (κ1) is 23.9. The molecule has 0 aliphatic heterocycles.